The van der Waals surface area contributed by atoms with Crippen molar-refractivity contribution in [3.63, 3.8) is 0 Å². The molecule has 0 aliphatic heterocycles. The summed E-state index contributed by atoms with van der Waals surface area (Å²) < 4.78 is 31.3. The summed E-state index contributed by atoms with van der Waals surface area (Å²) in [5, 5.41) is 8.75. The van der Waals surface area contributed by atoms with Gasteiger partial charge in [0.05, 0.1) is 17.1 Å². The molecule has 1 unspecified atom stereocenters. The van der Waals surface area contributed by atoms with Gasteiger partial charge in [0.25, 0.3) is 0 Å². The van der Waals surface area contributed by atoms with Crippen molar-refractivity contribution in [2.75, 3.05) is 6.61 Å². The first-order chi connectivity index (χ1) is 9.67. The molecule has 0 saturated heterocycles. The van der Waals surface area contributed by atoms with Crippen LogP contribution in [0.25, 0.3) is 0 Å². The summed E-state index contributed by atoms with van der Waals surface area (Å²) in [6.07, 6.45) is 0. The molecular formula is C12H14BrNO6S. The molecule has 1 rings (SSSR count). The number of sulfonamides is 1. The van der Waals surface area contributed by atoms with Crippen molar-refractivity contribution in [3.05, 3.63) is 28.2 Å². The van der Waals surface area contributed by atoms with E-state index in [9.17, 15) is 18.0 Å². The maximum Gasteiger partial charge on any atom is 0.338 e. The predicted molar refractivity (Wildman–Crippen MR) is 77.5 cm³/mol. The molecule has 1 atom stereocenters. The minimum Gasteiger partial charge on any atom is -0.480 e. The fourth-order valence-corrected chi connectivity index (χ4v) is 3.31. The molecule has 0 radical (unpaired) electrons. The Labute approximate surface area is 130 Å². The summed E-state index contributed by atoms with van der Waals surface area (Å²) >= 11 is 3.10. The largest absolute Gasteiger partial charge is 0.480 e. The zero-order valence-corrected chi connectivity index (χ0v) is 13.7. The first kappa shape index (κ1) is 17.6. The van der Waals surface area contributed by atoms with Crippen LogP contribution in [0.4, 0.5) is 0 Å². The zero-order valence-electron chi connectivity index (χ0n) is 11.3. The van der Waals surface area contributed by atoms with Gasteiger partial charge < -0.3 is 9.84 Å². The Hall–Kier alpha value is -1.45. The lowest BCUT2D eigenvalue weighted by Gasteiger charge is -2.11. The molecule has 0 amide bonds. The van der Waals surface area contributed by atoms with Crippen molar-refractivity contribution in [1.82, 2.24) is 4.72 Å². The summed E-state index contributed by atoms with van der Waals surface area (Å²) in [5.74, 6) is -1.97. The first-order valence-corrected chi connectivity index (χ1v) is 8.18. The summed E-state index contributed by atoms with van der Waals surface area (Å²) in [5.41, 5.74) is 0.0505. The second-order valence-corrected chi connectivity index (χ2v) is 6.71. The number of esters is 1. The number of rotatable bonds is 6. The van der Waals surface area contributed by atoms with Gasteiger partial charge in [0, 0.05) is 4.47 Å². The van der Waals surface area contributed by atoms with Gasteiger partial charge in [-0.1, -0.05) is 15.9 Å². The van der Waals surface area contributed by atoms with Gasteiger partial charge in [0.15, 0.2) is 0 Å². The van der Waals surface area contributed by atoms with Gasteiger partial charge in [-0.3, -0.25) is 4.79 Å². The molecule has 0 aliphatic carbocycles. The number of halogens is 1. The summed E-state index contributed by atoms with van der Waals surface area (Å²) in [6.45, 7) is 2.98. The van der Waals surface area contributed by atoms with Gasteiger partial charge in [-0.05, 0) is 32.0 Å². The minimum atomic E-state index is -4.07. The second kappa shape index (κ2) is 7.01. The van der Waals surface area contributed by atoms with Gasteiger partial charge in [0.1, 0.15) is 6.04 Å². The van der Waals surface area contributed by atoms with Gasteiger partial charge >= 0.3 is 11.9 Å². The van der Waals surface area contributed by atoms with Crippen LogP contribution in [0.2, 0.25) is 0 Å². The Balaban J connectivity index is 3.18. The smallest absolute Gasteiger partial charge is 0.338 e. The Morgan fingerprint density at radius 1 is 1.38 bits per heavy atom. The van der Waals surface area contributed by atoms with Crippen LogP contribution in [0.5, 0.6) is 0 Å². The third-order valence-electron chi connectivity index (χ3n) is 2.40. The summed E-state index contributed by atoms with van der Waals surface area (Å²) in [7, 11) is -4.07. The van der Waals surface area contributed by atoms with E-state index in [-0.39, 0.29) is 17.1 Å². The minimum absolute atomic E-state index is 0.0505. The van der Waals surface area contributed by atoms with Crippen molar-refractivity contribution in [1.29, 1.82) is 0 Å². The van der Waals surface area contributed by atoms with Crippen LogP contribution >= 0.6 is 15.9 Å². The van der Waals surface area contributed by atoms with Crippen LogP contribution in [0.15, 0.2) is 27.6 Å². The Bertz CT molecular complexity index is 658. The van der Waals surface area contributed by atoms with E-state index in [1.807, 2.05) is 4.72 Å². The number of aliphatic carboxylic acids is 1. The van der Waals surface area contributed by atoms with E-state index < -0.39 is 28.0 Å². The monoisotopic (exact) mass is 379 g/mol. The van der Waals surface area contributed by atoms with Gasteiger partial charge in [0.2, 0.25) is 10.0 Å². The Morgan fingerprint density at radius 3 is 2.52 bits per heavy atom. The molecule has 0 aliphatic rings. The normalized spacial score (nSPS) is 12.7. The standard InChI is InChI=1S/C12H14BrNO6S/c1-3-20-12(17)8-4-9(13)6-10(5-8)21(18,19)14-7(2)11(15)16/h4-7,14H,3H2,1-2H3,(H,15,16). The van der Waals surface area contributed by atoms with Gasteiger partial charge in [-0.25, -0.2) is 13.2 Å². The highest BCUT2D eigenvalue weighted by atomic mass is 79.9. The highest BCUT2D eigenvalue weighted by molar-refractivity contribution is 9.10. The van der Waals surface area contributed by atoms with E-state index in [1.54, 1.807) is 6.92 Å². The Kier molecular flexibility index (Phi) is 5.87. The molecule has 0 saturated carbocycles. The lowest BCUT2D eigenvalue weighted by Crippen LogP contribution is -2.38. The van der Waals surface area contributed by atoms with Crippen LogP contribution in [0.3, 0.4) is 0 Å². The van der Waals surface area contributed by atoms with E-state index in [4.69, 9.17) is 9.84 Å². The fraction of sp³-hybridized carbons (Fsp3) is 0.333. The molecule has 9 heteroatoms. The number of carboxylic acid groups (broad SMARTS) is 1. The molecule has 0 fully saturated rings. The highest BCUT2D eigenvalue weighted by Gasteiger charge is 2.23. The van der Waals surface area contributed by atoms with E-state index in [0.717, 1.165) is 6.07 Å². The van der Waals surface area contributed by atoms with E-state index in [0.29, 0.717) is 4.47 Å². The Morgan fingerprint density at radius 2 is 2.00 bits per heavy atom. The van der Waals surface area contributed by atoms with Gasteiger partial charge in [-0.15, -0.1) is 0 Å². The molecule has 0 heterocycles. The van der Waals surface area contributed by atoms with Crippen molar-refractivity contribution >= 4 is 37.9 Å². The molecule has 1 aromatic carbocycles. The zero-order chi connectivity index (χ0) is 16.2. The molecule has 0 aromatic heterocycles. The van der Waals surface area contributed by atoms with Crippen LogP contribution in [0.1, 0.15) is 24.2 Å². The summed E-state index contributed by atoms with van der Waals surface area (Å²) in [4.78, 5) is 22.2. The third-order valence-corrected chi connectivity index (χ3v) is 4.37. The number of hydrogen-bond donors (Lipinski definition) is 2. The molecule has 2 N–H and O–H groups in total. The second-order valence-electron chi connectivity index (χ2n) is 4.08. The quantitative estimate of drug-likeness (QED) is 0.722. The number of nitrogens with one attached hydrogen (secondary N) is 1. The molecule has 1 aromatic rings. The molecular weight excluding hydrogens is 366 g/mol. The average Bonchev–Trinajstić information content (AvgIpc) is 2.37. The molecule has 7 nitrogen and oxygen atoms in total. The van der Waals surface area contributed by atoms with E-state index in [1.165, 1.54) is 19.1 Å². The van der Waals surface area contributed by atoms with Crippen LogP contribution < -0.4 is 4.72 Å². The molecule has 0 spiro atoms. The maximum atomic E-state index is 12.1. The SMILES string of the molecule is CCOC(=O)c1cc(Br)cc(S(=O)(=O)NC(C)C(=O)O)c1. The maximum absolute atomic E-state index is 12.1. The number of ether oxygens (including phenoxy) is 1. The van der Waals surface area contributed by atoms with Crippen LogP contribution in [-0.4, -0.2) is 38.1 Å². The number of carbonyl (C=O) groups is 2. The lowest BCUT2D eigenvalue weighted by atomic mass is 10.2. The van der Waals surface area contributed by atoms with Crippen molar-refractivity contribution < 1.29 is 27.9 Å². The third kappa shape index (κ3) is 4.80. The predicted octanol–water partition coefficient (Wildman–Crippen LogP) is 1.38. The number of benzene rings is 1. The number of hydrogen-bond acceptors (Lipinski definition) is 5. The van der Waals surface area contributed by atoms with Crippen molar-refractivity contribution in [3.8, 4) is 0 Å². The number of carboxylic acids is 1. The summed E-state index contributed by atoms with van der Waals surface area (Å²) in [6, 6.07) is 2.51. The van der Waals surface area contributed by atoms with Gasteiger partial charge in [-0.2, -0.15) is 4.72 Å². The van der Waals surface area contributed by atoms with E-state index in [2.05, 4.69) is 15.9 Å². The number of carbonyl (C=O) groups excluding carboxylic acids is 1. The van der Waals surface area contributed by atoms with Crippen LogP contribution in [0, 0.1) is 0 Å². The highest BCUT2D eigenvalue weighted by Crippen LogP contribution is 2.20. The lowest BCUT2D eigenvalue weighted by molar-refractivity contribution is -0.138. The first-order valence-electron chi connectivity index (χ1n) is 5.90. The van der Waals surface area contributed by atoms with Crippen molar-refractivity contribution in [2.45, 2.75) is 24.8 Å². The molecule has 21 heavy (non-hydrogen) atoms. The molecule has 116 valence electrons. The average molecular weight is 380 g/mol. The molecule has 0 bridgehead atoms. The topological polar surface area (TPSA) is 110 Å². The van der Waals surface area contributed by atoms with E-state index >= 15 is 0 Å². The van der Waals surface area contributed by atoms with Crippen molar-refractivity contribution in [2.24, 2.45) is 0 Å². The fourth-order valence-electron chi connectivity index (χ4n) is 1.40. The van der Waals surface area contributed by atoms with Crippen LogP contribution in [-0.2, 0) is 19.6 Å².